The maximum Gasteiger partial charge on any atom is 0.250 e. The third kappa shape index (κ3) is 3.86. The van der Waals surface area contributed by atoms with Gasteiger partial charge in [-0.1, -0.05) is 12.1 Å². The van der Waals surface area contributed by atoms with Crippen molar-refractivity contribution in [1.29, 1.82) is 0 Å². The van der Waals surface area contributed by atoms with Gasteiger partial charge in [-0.15, -0.1) is 0 Å². The minimum absolute atomic E-state index is 0.100. The van der Waals surface area contributed by atoms with Crippen molar-refractivity contribution in [2.24, 2.45) is 0 Å². The SMILES string of the molecule is COc1ccc(N(C)C(=O)/C=C/c2ccc(N)cc2)cc1. The molecule has 0 aliphatic rings. The van der Waals surface area contributed by atoms with Crippen molar-refractivity contribution in [1.82, 2.24) is 0 Å². The van der Waals surface area contributed by atoms with Crippen LogP contribution in [-0.2, 0) is 4.79 Å². The Balaban J connectivity index is 2.06. The topological polar surface area (TPSA) is 55.6 Å². The zero-order chi connectivity index (χ0) is 15.2. The Hall–Kier alpha value is -2.75. The predicted molar refractivity (Wildman–Crippen MR) is 86.3 cm³/mol. The number of nitrogen functional groups attached to an aromatic ring is 1. The van der Waals surface area contributed by atoms with Crippen LogP contribution in [0.1, 0.15) is 5.56 Å². The molecule has 21 heavy (non-hydrogen) atoms. The van der Waals surface area contributed by atoms with E-state index >= 15 is 0 Å². The molecule has 0 atom stereocenters. The van der Waals surface area contributed by atoms with Crippen molar-refractivity contribution in [3.05, 3.63) is 60.2 Å². The fourth-order valence-electron chi connectivity index (χ4n) is 1.82. The second-order valence-electron chi connectivity index (χ2n) is 4.60. The Labute approximate surface area is 124 Å². The number of likely N-dealkylation sites (N-methyl/N-ethyl adjacent to an activating group) is 1. The van der Waals surface area contributed by atoms with Gasteiger partial charge in [0, 0.05) is 24.5 Å². The molecule has 0 aliphatic carbocycles. The first kappa shape index (κ1) is 14.7. The number of carbonyl (C=O) groups excluding carboxylic acids is 1. The highest BCUT2D eigenvalue weighted by atomic mass is 16.5. The van der Waals surface area contributed by atoms with Crippen LogP contribution in [0, 0.1) is 0 Å². The van der Waals surface area contributed by atoms with Gasteiger partial charge in [-0.25, -0.2) is 0 Å². The van der Waals surface area contributed by atoms with Crippen LogP contribution < -0.4 is 15.4 Å². The Morgan fingerprint density at radius 3 is 2.29 bits per heavy atom. The average Bonchev–Trinajstić information content (AvgIpc) is 2.53. The number of methoxy groups -OCH3 is 1. The molecule has 0 aromatic heterocycles. The molecule has 0 aliphatic heterocycles. The molecule has 0 saturated heterocycles. The molecular formula is C17H18N2O2. The third-order valence-corrected chi connectivity index (χ3v) is 3.15. The van der Waals surface area contributed by atoms with Gasteiger partial charge in [-0.05, 0) is 48.0 Å². The summed E-state index contributed by atoms with van der Waals surface area (Å²) in [6.45, 7) is 0. The monoisotopic (exact) mass is 282 g/mol. The van der Waals surface area contributed by atoms with Gasteiger partial charge >= 0.3 is 0 Å². The zero-order valence-electron chi connectivity index (χ0n) is 12.1. The second-order valence-corrected chi connectivity index (χ2v) is 4.60. The summed E-state index contributed by atoms with van der Waals surface area (Å²) in [5.74, 6) is 0.661. The molecule has 108 valence electrons. The number of rotatable bonds is 4. The normalized spacial score (nSPS) is 10.6. The molecule has 0 heterocycles. The lowest BCUT2D eigenvalue weighted by Gasteiger charge is -2.15. The van der Waals surface area contributed by atoms with E-state index in [4.69, 9.17) is 10.5 Å². The van der Waals surface area contributed by atoms with E-state index in [1.54, 1.807) is 37.3 Å². The second kappa shape index (κ2) is 6.61. The Morgan fingerprint density at radius 2 is 1.71 bits per heavy atom. The highest BCUT2D eigenvalue weighted by Crippen LogP contribution is 2.18. The first-order chi connectivity index (χ1) is 10.1. The lowest BCUT2D eigenvalue weighted by molar-refractivity contribution is -0.113. The van der Waals surface area contributed by atoms with Gasteiger partial charge in [0.05, 0.1) is 7.11 Å². The minimum atomic E-state index is -0.100. The number of nitrogens with zero attached hydrogens (tertiary/aromatic N) is 1. The minimum Gasteiger partial charge on any atom is -0.497 e. The van der Waals surface area contributed by atoms with Crippen molar-refractivity contribution < 1.29 is 9.53 Å². The van der Waals surface area contributed by atoms with Gasteiger partial charge in [0.2, 0.25) is 0 Å². The highest BCUT2D eigenvalue weighted by molar-refractivity contribution is 6.03. The van der Waals surface area contributed by atoms with E-state index in [0.29, 0.717) is 5.69 Å². The van der Waals surface area contributed by atoms with Crippen molar-refractivity contribution in [3.8, 4) is 5.75 Å². The van der Waals surface area contributed by atoms with Crippen LogP contribution in [0.25, 0.3) is 6.08 Å². The maximum atomic E-state index is 12.1. The van der Waals surface area contributed by atoms with Crippen molar-refractivity contribution in [3.63, 3.8) is 0 Å². The van der Waals surface area contributed by atoms with Crippen LogP contribution in [0.2, 0.25) is 0 Å². The number of carbonyl (C=O) groups is 1. The molecule has 0 unspecified atom stereocenters. The first-order valence-electron chi connectivity index (χ1n) is 6.55. The molecule has 4 heteroatoms. The van der Waals surface area contributed by atoms with E-state index in [2.05, 4.69) is 0 Å². The van der Waals surface area contributed by atoms with Gasteiger partial charge in [0.15, 0.2) is 0 Å². The van der Waals surface area contributed by atoms with Crippen molar-refractivity contribution in [2.45, 2.75) is 0 Å². The van der Waals surface area contributed by atoms with Gasteiger partial charge < -0.3 is 15.4 Å². The van der Waals surface area contributed by atoms with E-state index in [0.717, 1.165) is 17.0 Å². The number of amides is 1. The number of nitrogens with two attached hydrogens (primary N) is 1. The standard InChI is InChI=1S/C17H18N2O2/c1-19(15-8-10-16(21-2)11-9-15)17(20)12-5-13-3-6-14(18)7-4-13/h3-12H,18H2,1-2H3/b12-5+. The van der Waals surface area contributed by atoms with Gasteiger partial charge in [0.1, 0.15) is 5.75 Å². The quantitative estimate of drug-likeness (QED) is 0.693. The van der Waals surface area contributed by atoms with E-state index in [9.17, 15) is 4.79 Å². The summed E-state index contributed by atoms with van der Waals surface area (Å²) in [6.07, 6.45) is 3.30. The number of hydrogen-bond acceptors (Lipinski definition) is 3. The van der Waals surface area contributed by atoms with E-state index in [1.807, 2.05) is 36.4 Å². The summed E-state index contributed by atoms with van der Waals surface area (Å²) in [7, 11) is 3.34. The molecule has 0 bridgehead atoms. The predicted octanol–water partition coefficient (Wildman–Crippen LogP) is 2.95. The lowest BCUT2D eigenvalue weighted by Crippen LogP contribution is -2.23. The third-order valence-electron chi connectivity index (χ3n) is 3.15. The molecular weight excluding hydrogens is 264 g/mol. The first-order valence-corrected chi connectivity index (χ1v) is 6.55. The van der Waals surface area contributed by atoms with E-state index < -0.39 is 0 Å². The van der Waals surface area contributed by atoms with Crippen LogP contribution in [0.4, 0.5) is 11.4 Å². The van der Waals surface area contributed by atoms with Crippen LogP contribution >= 0.6 is 0 Å². The summed E-state index contributed by atoms with van der Waals surface area (Å²) in [5, 5.41) is 0. The van der Waals surface area contributed by atoms with E-state index in [-0.39, 0.29) is 5.91 Å². The molecule has 0 fully saturated rings. The summed E-state index contributed by atoms with van der Waals surface area (Å²) in [5.41, 5.74) is 8.06. The van der Waals surface area contributed by atoms with Gasteiger partial charge in [0.25, 0.3) is 5.91 Å². The number of anilines is 2. The zero-order valence-corrected chi connectivity index (χ0v) is 12.1. The smallest absolute Gasteiger partial charge is 0.250 e. The largest absolute Gasteiger partial charge is 0.497 e. The number of ether oxygens (including phenoxy) is 1. The van der Waals surface area contributed by atoms with Crippen LogP contribution in [0.15, 0.2) is 54.6 Å². The van der Waals surface area contributed by atoms with E-state index in [1.165, 1.54) is 6.08 Å². The molecule has 0 spiro atoms. The van der Waals surface area contributed by atoms with Gasteiger partial charge in [-0.2, -0.15) is 0 Å². The number of benzene rings is 2. The Morgan fingerprint density at radius 1 is 1.10 bits per heavy atom. The summed E-state index contributed by atoms with van der Waals surface area (Å²) in [6, 6.07) is 14.7. The molecule has 2 N–H and O–H groups in total. The van der Waals surface area contributed by atoms with Crippen LogP contribution in [0.5, 0.6) is 5.75 Å². The summed E-state index contributed by atoms with van der Waals surface area (Å²) in [4.78, 5) is 13.7. The molecule has 2 aromatic rings. The molecule has 1 amide bonds. The fraction of sp³-hybridized carbons (Fsp3) is 0.118. The molecule has 2 aromatic carbocycles. The average molecular weight is 282 g/mol. The number of hydrogen-bond donors (Lipinski definition) is 1. The molecule has 0 radical (unpaired) electrons. The van der Waals surface area contributed by atoms with Crippen LogP contribution in [-0.4, -0.2) is 20.1 Å². The van der Waals surface area contributed by atoms with Gasteiger partial charge in [-0.3, -0.25) is 4.79 Å². The summed E-state index contributed by atoms with van der Waals surface area (Å²) < 4.78 is 5.10. The fourth-order valence-corrected chi connectivity index (χ4v) is 1.82. The maximum absolute atomic E-state index is 12.1. The Kier molecular flexibility index (Phi) is 4.61. The van der Waals surface area contributed by atoms with Crippen molar-refractivity contribution >= 4 is 23.4 Å². The lowest BCUT2D eigenvalue weighted by atomic mass is 10.2. The highest BCUT2D eigenvalue weighted by Gasteiger charge is 2.07. The molecule has 0 saturated carbocycles. The molecule has 4 nitrogen and oxygen atoms in total. The van der Waals surface area contributed by atoms with Crippen LogP contribution in [0.3, 0.4) is 0 Å². The van der Waals surface area contributed by atoms with Crippen molar-refractivity contribution in [2.75, 3.05) is 24.8 Å². The summed E-state index contributed by atoms with van der Waals surface area (Å²) >= 11 is 0. The Bertz CT molecular complexity index is 631. The molecule has 2 rings (SSSR count).